The fourth-order valence-corrected chi connectivity index (χ4v) is 1.48. The number of hydrogen-bond acceptors (Lipinski definition) is 3. The first-order chi connectivity index (χ1) is 8.89. The minimum Gasteiger partial charge on any atom is -0.491 e. The highest BCUT2D eigenvalue weighted by Crippen LogP contribution is 2.17. The van der Waals surface area contributed by atoms with Crippen molar-refractivity contribution in [2.45, 2.75) is 32.7 Å². The van der Waals surface area contributed by atoms with Gasteiger partial charge in [-0.15, -0.1) is 0 Å². The topological polar surface area (TPSA) is 58.6 Å². The van der Waals surface area contributed by atoms with Crippen molar-refractivity contribution in [3.63, 3.8) is 0 Å². The molecule has 0 radical (unpaired) electrons. The predicted octanol–water partition coefficient (Wildman–Crippen LogP) is 2.36. The summed E-state index contributed by atoms with van der Waals surface area (Å²) >= 11 is 0. The van der Waals surface area contributed by atoms with Crippen LogP contribution in [0.15, 0.2) is 18.2 Å². The molecule has 1 unspecified atom stereocenters. The molecule has 0 bridgehead atoms. The van der Waals surface area contributed by atoms with Crippen molar-refractivity contribution < 1.29 is 19.0 Å². The fourth-order valence-electron chi connectivity index (χ4n) is 1.48. The summed E-state index contributed by atoms with van der Waals surface area (Å²) in [4.78, 5) is 11.3. The fraction of sp³-hybridized carbons (Fsp3) is 0.500. The molecule has 0 saturated heterocycles. The van der Waals surface area contributed by atoms with Gasteiger partial charge in [-0.2, -0.15) is 0 Å². The smallest absolute Gasteiger partial charge is 0.327 e. The molecule has 0 aliphatic heterocycles. The van der Waals surface area contributed by atoms with Gasteiger partial charge < -0.3 is 9.84 Å². The van der Waals surface area contributed by atoms with E-state index in [0.717, 1.165) is 6.42 Å². The zero-order valence-corrected chi connectivity index (χ0v) is 11.5. The first-order valence-electron chi connectivity index (χ1n) is 6.26. The molecule has 19 heavy (non-hydrogen) atoms. The van der Waals surface area contributed by atoms with Gasteiger partial charge in [-0.1, -0.05) is 13.0 Å². The minimum atomic E-state index is -1.18. The van der Waals surface area contributed by atoms with E-state index in [-0.39, 0.29) is 12.4 Å². The molecule has 0 fully saturated rings. The van der Waals surface area contributed by atoms with Gasteiger partial charge in [0.15, 0.2) is 0 Å². The summed E-state index contributed by atoms with van der Waals surface area (Å²) in [7, 11) is 0. The van der Waals surface area contributed by atoms with Crippen molar-refractivity contribution in [1.82, 2.24) is 5.32 Å². The number of rotatable bonds is 7. The van der Waals surface area contributed by atoms with Crippen LogP contribution in [0.4, 0.5) is 4.39 Å². The number of carboxylic acids is 1. The van der Waals surface area contributed by atoms with E-state index in [9.17, 15) is 14.3 Å². The maximum Gasteiger partial charge on any atom is 0.327 e. The molecule has 1 atom stereocenters. The van der Waals surface area contributed by atoms with Crippen molar-refractivity contribution in [2.75, 3.05) is 13.2 Å². The Bertz CT molecular complexity index is 450. The van der Waals surface area contributed by atoms with Gasteiger partial charge in [0.25, 0.3) is 0 Å². The molecule has 0 aromatic heterocycles. The Labute approximate surface area is 112 Å². The summed E-state index contributed by atoms with van der Waals surface area (Å²) in [5, 5.41) is 12.1. The van der Waals surface area contributed by atoms with Crippen molar-refractivity contribution in [3.8, 4) is 5.75 Å². The highest BCUT2D eigenvalue weighted by molar-refractivity contribution is 5.78. The molecule has 0 aliphatic rings. The number of benzene rings is 1. The van der Waals surface area contributed by atoms with Crippen molar-refractivity contribution >= 4 is 5.97 Å². The molecule has 2 N–H and O–H groups in total. The van der Waals surface area contributed by atoms with Gasteiger partial charge in [-0.05, 0) is 38.4 Å². The van der Waals surface area contributed by atoms with Gasteiger partial charge in [0.2, 0.25) is 0 Å². The molecule has 0 spiro atoms. The maximum atomic E-state index is 13.3. The van der Waals surface area contributed by atoms with E-state index >= 15 is 0 Å². The highest BCUT2D eigenvalue weighted by Gasteiger charge is 2.33. The van der Waals surface area contributed by atoms with E-state index in [2.05, 4.69) is 5.32 Å². The minimum absolute atomic E-state index is 0.0646. The summed E-state index contributed by atoms with van der Waals surface area (Å²) in [6.45, 7) is 5.67. The van der Waals surface area contributed by atoms with E-state index in [1.165, 1.54) is 6.07 Å². The first kappa shape index (κ1) is 15.4. The second-order valence-corrected chi connectivity index (χ2v) is 4.76. The molecular weight excluding hydrogens is 249 g/mol. The van der Waals surface area contributed by atoms with Crippen LogP contribution < -0.4 is 10.1 Å². The highest BCUT2D eigenvalue weighted by atomic mass is 19.1. The SMILES string of the molecule is CCCNC(C)(COc1ccc(C)c(F)c1)C(=O)O. The number of carboxylic acid groups (broad SMARTS) is 1. The molecule has 1 rings (SSSR count). The lowest BCUT2D eigenvalue weighted by atomic mass is 10.0. The molecule has 5 heteroatoms. The maximum absolute atomic E-state index is 13.3. The third kappa shape index (κ3) is 4.21. The van der Waals surface area contributed by atoms with Crippen LogP contribution in [0.25, 0.3) is 0 Å². The summed E-state index contributed by atoms with van der Waals surface area (Å²) < 4.78 is 18.7. The van der Waals surface area contributed by atoms with Gasteiger partial charge in [-0.3, -0.25) is 10.1 Å². The van der Waals surface area contributed by atoms with Crippen LogP contribution >= 0.6 is 0 Å². The van der Waals surface area contributed by atoms with Crippen LogP contribution in [0.5, 0.6) is 5.75 Å². The Morgan fingerprint density at radius 1 is 1.53 bits per heavy atom. The van der Waals surface area contributed by atoms with Gasteiger partial charge in [0.1, 0.15) is 23.7 Å². The van der Waals surface area contributed by atoms with Crippen molar-refractivity contribution in [1.29, 1.82) is 0 Å². The first-order valence-corrected chi connectivity index (χ1v) is 6.26. The Morgan fingerprint density at radius 3 is 2.74 bits per heavy atom. The van der Waals surface area contributed by atoms with E-state index in [0.29, 0.717) is 17.9 Å². The Morgan fingerprint density at radius 2 is 2.21 bits per heavy atom. The summed E-state index contributed by atoms with van der Waals surface area (Å²) in [6, 6.07) is 4.49. The zero-order chi connectivity index (χ0) is 14.5. The predicted molar refractivity (Wildman–Crippen MR) is 71.0 cm³/mol. The van der Waals surface area contributed by atoms with Crippen molar-refractivity contribution in [2.24, 2.45) is 0 Å². The van der Waals surface area contributed by atoms with Crippen molar-refractivity contribution in [3.05, 3.63) is 29.6 Å². The lowest BCUT2D eigenvalue weighted by Gasteiger charge is -2.26. The number of hydrogen-bond donors (Lipinski definition) is 2. The summed E-state index contributed by atoms with van der Waals surface area (Å²) in [6.07, 6.45) is 0.821. The third-order valence-electron chi connectivity index (χ3n) is 2.91. The summed E-state index contributed by atoms with van der Waals surface area (Å²) in [5.41, 5.74) is -0.658. The molecule has 0 aliphatic carbocycles. The Balaban J connectivity index is 2.70. The van der Waals surface area contributed by atoms with E-state index in [1.54, 1.807) is 26.0 Å². The molecule has 4 nitrogen and oxygen atoms in total. The van der Waals surface area contributed by atoms with Crippen LogP contribution in [0.1, 0.15) is 25.8 Å². The van der Waals surface area contributed by atoms with Crippen LogP contribution in [-0.4, -0.2) is 29.8 Å². The second-order valence-electron chi connectivity index (χ2n) is 4.76. The average Bonchev–Trinajstić information content (AvgIpc) is 2.37. The number of nitrogens with one attached hydrogen (secondary N) is 1. The van der Waals surface area contributed by atoms with Crippen LogP contribution in [0.3, 0.4) is 0 Å². The lowest BCUT2D eigenvalue weighted by molar-refractivity contribution is -0.145. The molecular formula is C14H20FNO3. The molecule has 1 aromatic rings. The number of carbonyl (C=O) groups is 1. The third-order valence-corrected chi connectivity index (χ3v) is 2.91. The Kier molecular flexibility index (Phi) is 5.30. The zero-order valence-electron chi connectivity index (χ0n) is 11.5. The molecule has 0 heterocycles. The number of aliphatic carboxylic acids is 1. The van der Waals surface area contributed by atoms with E-state index < -0.39 is 11.5 Å². The van der Waals surface area contributed by atoms with Crippen LogP contribution in [0.2, 0.25) is 0 Å². The normalized spacial score (nSPS) is 13.9. The van der Waals surface area contributed by atoms with Gasteiger partial charge in [0, 0.05) is 6.07 Å². The van der Waals surface area contributed by atoms with Gasteiger partial charge in [0.05, 0.1) is 0 Å². The standard InChI is InChI=1S/C14H20FNO3/c1-4-7-16-14(3,13(17)18)9-19-11-6-5-10(2)12(15)8-11/h5-6,8,16H,4,7,9H2,1-3H3,(H,17,18). The Hall–Kier alpha value is -1.62. The molecule has 106 valence electrons. The van der Waals surface area contributed by atoms with E-state index in [4.69, 9.17) is 4.74 Å². The number of ether oxygens (including phenoxy) is 1. The van der Waals surface area contributed by atoms with E-state index in [1.807, 2.05) is 6.92 Å². The lowest BCUT2D eigenvalue weighted by Crippen LogP contribution is -2.54. The largest absolute Gasteiger partial charge is 0.491 e. The number of aryl methyl sites for hydroxylation is 1. The summed E-state index contributed by atoms with van der Waals surface area (Å²) in [5.74, 6) is -1.03. The average molecular weight is 269 g/mol. The van der Waals surface area contributed by atoms with Crippen LogP contribution in [0, 0.1) is 12.7 Å². The monoisotopic (exact) mass is 269 g/mol. The van der Waals surface area contributed by atoms with Gasteiger partial charge in [-0.25, -0.2) is 4.39 Å². The molecule has 0 amide bonds. The molecule has 1 aromatic carbocycles. The second kappa shape index (κ2) is 6.52. The van der Waals surface area contributed by atoms with Crippen LogP contribution in [-0.2, 0) is 4.79 Å². The number of halogens is 1. The quantitative estimate of drug-likeness (QED) is 0.797. The molecule has 0 saturated carbocycles. The van der Waals surface area contributed by atoms with Gasteiger partial charge >= 0.3 is 5.97 Å².